The Hall–Kier alpha value is -1.86. The fraction of sp³-hybridized carbons (Fsp3) is 0.400. The number of nitriles is 1. The second-order valence-corrected chi connectivity index (χ2v) is 5.37. The van der Waals surface area contributed by atoms with Crippen LogP contribution in [0, 0.1) is 17.1 Å². The monoisotopic (exact) mass is 262 g/mol. The Morgan fingerprint density at radius 1 is 1.47 bits per heavy atom. The molecule has 1 rings (SSSR count). The zero-order chi connectivity index (χ0) is 14.5. The number of nitrogens with one attached hydrogen (secondary N) is 1. The minimum absolute atomic E-state index is 0.000387. The summed E-state index contributed by atoms with van der Waals surface area (Å²) in [6.45, 7) is 10.9. The first-order valence-corrected chi connectivity index (χ1v) is 6.06. The van der Waals surface area contributed by atoms with E-state index in [1.165, 1.54) is 12.1 Å². The Bertz CT molecular complexity index is 498. The van der Waals surface area contributed by atoms with Crippen molar-refractivity contribution in [1.82, 2.24) is 5.32 Å². The van der Waals surface area contributed by atoms with Crippen molar-refractivity contribution >= 4 is 0 Å². The first-order chi connectivity index (χ1) is 8.83. The molecule has 1 N–H and O–H groups in total. The van der Waals surface area contributed by atoms with Gasteiger partial charge >= 0.3 is 0 Å². The molecule has 0 atom stereocenters. The average Bonchev–Trinajstić information content (AvgIpc) is 2.33. The van der Waals surface area contributed by atoms with Gasteiger partial charge in [-0.15, -0.1) is 0 Å². The molecule has 0 amide bonds. The van der Waals surface area contributed by atoms with Crippen LogP contribution in [0.5, 0.6) is 5.75 Å². The minimum Gasteiger partial charge on any atom is -0.488 e. The summed E-state index contributed by atoms with van der Waals surface area (Å²) in [6.07, 6.45) is 0. The van der Waals surface area contributed by atoms with Crippen molar-refractivity contribution in [1.29, 1.82) is 5.26 Å². The van der Waals surface area contributed by atoms with Crippen molar-refractivity contribution in [2.45, 2.75) is 26.3 Å². The molecule has 0 aliphatic carbocycles. The van der Waals surface area contributed by atoms with E-state index >= 15 is 0 Å². The molecule has 0 spiro atoms. The van der Waals surface area contributed by atoms with Crippen LogP contribution >= 0.6 is 0 Å². The van der Waals surface area contributed by atoms with E-state index in [4.69, 9.17) is 10.00 Å². The molecule has 0 radical (unpaired) electrons. The third kappa shape index (κ3) is 5.11. The molecule has 19 heavy (non-hydrogen) atoms. The maximum atomic E-state index is 13.3. The van der Waals surface area contributed by atoms with Crippen molar-refractivity contribution in [3.63, 3.8) is 0 Å². The predicted octanol–water partition coefficient (Wildman–Crippen LogP) is 3.02. The molecule has 0 saturated carbocycles. The smallest absolute Gasteiger partial charge is 0.144 e. The van der Waals surface area contributed by atoms with Gasteiger partial charge in [-0.05, 0) is 38.5 Å². The molecule has 0 aliphatic rings. The Kier molecular flexibility index (Phi) is 5.08. The van der Waals surface area contributed by atoms with E-state index in [1.54, 1.807) is 12.1 Å². The zero-order valence-corrected chi connectivity index (χ0v) is 11.6. The highest BCUT2D eigenvalue weighted by Crippen LogP contribution is 2.20. The lowest BCUT2D eigenvalue weighted by Gasteiger charge is -2.21. The van der Waals surface area contributed by atoms with Gasteiger partial charge in [0.05, 0.1) is 0 Å². The molecule has 0 heterocycles. The quantitative estimate of drug-likeness (QED) is 0.830. The maximum absolute atomic E-state index is 13.3. The fourth-order valence-electron chi connectivity index (χ4n) is 1.35. The molecule has 0 bridgehead atoms. The van der Waals surface area contributed by atoms with E-state index in [-0.39, 0.29) is 23.5 Å². The Labute approximate surface area is 113 Å². The second kappa shape index (κ2) is 6.35. The lowest BCUT2D eigenvalue weighted by atomic mass is 10.1. The lowest BCUT2D eigenvalue weighted by Crippen LogP contribution is -2.37. The summed E-state index contributed by atoms with van der Waals surface area (Å²) in [6, 6.07) is 6.13. The number of nitrogens with zero attached hydrogens (tertiary/aromatic N) is 1. The summed E-state index contributed by atoms with van der Waals surface area (Å²) in [5.74, 6) is -0.321. The highest BCUT2D eigenvalue weighted by atomic mass is 19.1. The number of ether oxygens (including phenoxy) is 1. The Morgan fingerprint density at radius 2 is 2.16 bits per heavy atom. The van der Waals surface area contributed by atoms with Crippen LogP contribution in [0.4, 0.5) is 4.39 Å². The third-order valence-electron chi connectivity index (χ3n) is 2.39. The third-order valence-corrected chi connectivity index (χ3v) is 2.39. The van der Waals surface area contributed by atoms with Crippen LogP contribution < -0.4 is 10.1 Å². The van der Waals surface area contributed by atoms with Crippen molar-refractivity contribution in [3.8, 4) is 11.8 Å². The van der Waals surface area contributed by atoms with Crippen LogP contribution in [-0.2, 0) is 0 Å². The van der Waals surface area contributed by atoms with Gasteiger partial charge in [0.1, 0.15) is 29.8 Å². The SMILES string of the molecule is C=C(CNC(C)(C)C)COc1cccc(F)c1C#N. The topological polar surface area (TPSA) is 45.0 Å². The van der Waals surface area contributed by atoms with Crippen LogP contribution in [0.3, 0.4) is 0 Å². The summed E-state index contributed by atoms with van der Waals surface area (Å²) in [5, 5.41) is 12.1. The number of rotatable bonds is 5. The van der Waals surface area contributed by atoms with E-state index < -0.39 is 5.82 Å². The van der Waals surface area contributed by atoms with Gasteiger partial charge in [0.2, 0.25) is 0 Å². The zero-order valence-electron chi connectivity index (χ0n) is 11.6. The van der Waals surface area contributed by atoms with Gasteiger partial charge in [0.15, 0.2) is 0 Å². The summed E-state index contributed by atoms with van der Waals surface area (Å²) < 4.78 is 18.8. The molecule has 0 saturated heterocycles. The lowest BCUT2D eigenvalue weighted by molar-refractivity contribution is 0.338. The van der Waals surface area contributed by atoms with Crippen LogP contribution in [-0.4, -0.2) is 18.7 Å². The van der Waals surface area contributed by atoms with Crippen LogP contribution in [0.1, 0.15) is 26.3 Å². The fourth-order valence-corrected chi connectivity index (χ4v) is 1.35. The Morgan fingerprint density at radius 3 is 2.74 bits per heavy atom. The van der Waals surface area contributed by atoms with Crippen LogP contribution in [0.25, 0.3) is 0 Å². The van der Waals surface area contributed by atoms with E-state index in [0.717, 1.165) is 5.57 Å². The van der Waals surface area contributed by atoms with E-state index in [0.29, 0.717) is 6.54 Å². The molecular weight excluding hydrogens is 243 g/mol. The number of halogens is 1. The Balaban J connectivity index is 2.56. The minimum atomic E-state index is -0.571. The summed E-state index contributed by atoms with van der Waals surface area (Å²) in [4.78, 5) is 0. The second-order valence-electron chi connectivity index (χ2n) is 5.37. The van der Waals surface area contributed by atoms with E-state index in [9.17, 15) is 4.39 Å². The molecule has 1 aromatic rings. The normalized spacial score (nSPS) is 10.9. The first kappa shape index (κ1) is 15.2. The van der Waals surface area contributed by atoms with Gasteiger partial charge in [-0.1, -0.05) is 12.6 Å². The summed E-state index contributed by atoms with van der Waals surface area (Å²) in [7, 11) is 0. The molecule has 102 valence electrons. The molecule has 4 heteroatoms. The first-order valence-electron chi connectivity index (χ1n) is 6.06. The van der Waals surface area contributed by atoms with E-state index in [1.807, 2.05) is 0 Å². The maximum Gasteiger partial charge on any atom is 0.144 e. The van der Waals surface area contributed by atoms with Crippen molar-refractivity contribution < 1.29 is 9.13 Å². The number of hydrogen-bond acceptors (Lipinski definition) is 3. The van der Waals surface area contributed by atoms with Crippen molar-refractivity contribution in [3.05, 3.63) is 41.7 Å². The van der Waals surface area contributed by atoms with Gasteiger partial charge in [-0.25, -0.2) is 4.39 Å². The largest absolute Gasteiger partial charge is 0.488 e. The van der Waals surface area contributed by atoms with Crippen molar-refractivity contribution in [2.24, 2.45) is 0 Å². The molecule has 3 nitrogen and oxygen atoms in total. The summed E-state index contributed by atoms with van der Waals surface area (Å²) in [5.41, 5.74) is 0.765. The highest BCUT2D eigenvalue weighted by Gasteiger charge is 2.11. The van der Waals surface area contributed by atoms with Crippen molar-refractivity contribution in [2.75, 3.05) is 13.2 Å². The van der Waals surface area contributed by atoms with Gasteiger partial charge in [-0.3, -0.25) is 0 Å². The average molecular weight is 262 g/mol. The van der Waals surface area contributed by atoms with Gasteiger partial charge < -0.3 is 10.1 Å². The molecule has 0 fully saturated rings. The van der Waals surface area contributed by atoms with Gasteiger partial charge in [-0.2, -0.15) is 5.26 Å². The predicted molar refractivity (Wildman–Crippen MR) is 73.5 cm³/mol. The van der Waals surface area contributed by atoms with Crippen LogP contribution in [0.2, 0.25) is 0 Å². The molecule has 0 aromatic heterocycles. The standard InChI is InChI=1S/C15H19FN2O/c1-11(9-18-15(2,3)4)10-19-14-7-5-6-13(16)12(14)8-17/h5-7,18H,1,9-10H2,2-4H3. The molecular formula is C15H19FN2O. The van der Waals surface area contributed by atoms with Gasteiger partial charge in [0.25, 0.3) is 0 Å². The molecule has 0 unspecified atom stereocenters. The molecule has 0 aliphatic heterocycles. The summed E-state index contributed by atoms with van der Waals surface area (Å²) >= 11 is 0. The number of benzene rings is 1. The number of hydrogen-bond donors (Lipinski definition) is 1. The highest BCUT2D eigenvalue weighted by molar-refractivity contribution is 5.43. The van der Waals surface area contributed by atoms with Gasteiger partial charge in [0, 0.05) is 12.1 Å². The van der Waals surface area contributed by atoms with Crippen LogP contribution in [0.15, 0.2) is 30.4 Å². The molecule has 1 aromatic carbocycles. The van der Waals surface area contributed by atoms with E-state index in [2.05, 4.69) is 32.7 Å².